The monoisotopic (exact) mass is 452 g/mol. The SMILES string of the molecule is COC(=S)CC[C@H]1CN(c2ccc(N3C=NN(CCOC(C)=O)CC3)c(F)c2)C(=O)O1. The smallest absolute Gasteiger partial charge is 0.414 e. The first-order valence-corrected chi connectivity index (χ1v) is 10.3. The van der Waals surface area contributed by atoms with Crippen LogP contribution in [0.2, 0.25) is 0 Å². The number of carbonyl (C=O) groups excluding carboxylic acids is 2. The Morgan fingerprint density at radius 3 is 2.84 bits per heavy atom. The van der Waals surface area contributed by atoms with Crippen LogP contribution in [0.3, 0.4) is 0 Å². The Hall–Kier alpha value is -2.95. The van der Waals surface area contributed by atoms with Crippen molar-refractivity contribution in [1.29, 1.82) is 0 Å². The number of rotatable bonds is 8. The van der Waals surface area contributed by atoms with Crippen LogP contribution >= 0.6 is 12.2 Å². The minimum atomic E-state index is -0.511. The van der Waals surface area contributed by atoms with E-state index in [1.165, 1.54) is 31.3 Å². The molecule has 2 aliphatic rings. The summed E-state index contributed by atoms with van der Waals surface area (Å²) in [5, 5.41) is 6.47. The molecule has 11 heteroatoms. The highest BCUT2D eigenvalue weighted by Crippen LogP contribution is 2.29. The maximum Gasteiger partial charge on any atom is 0.414 e. The lowest BCUT2D eigenvalue weighted by atomic mass is 10.2. The number of hydrogen-bond acceptors (Lipinski definition) is 9. The summed E-state index contributed by atoms with van der Waals surface area (Å²) < 4.78 is 30.0. The second-order valence-electron chi connectivity index (χ2n) is 7.08. The highest BCUT2D eigenvalue weighted by Gasteiger charge is 2.33. The highest BCUT2D eigenvalue weighted by molar-refractivity contribution is 7.80. The van der Waals surface area contributed by atoms with Crippen molar-refractivity contribution in [3.63, 3.8) is 0 Å². The van der Waals surface area contributed by atoms with Crippen molar-refractivity contribution in [1.82, 2.24) is 5.01 Å². The molecular weight excluding hydrogens is 427 g/mol. The Morgan fingerprint density at radius 1 is 1.39 bits per heavy atom. The van der Waals surface area contributed by atoms with Crippen LogP contribution in [0.15, 0.2) is 23.3 Å². The van der Waals surface area contributed by atoms with Crippen molar-refractivity contribution in [2.75, 3.05) is 49.7 Å². The topological polar surface area (TPSA) is 83.9 Å². The second kappa shape index (κ2) is 10.4. The molecule has 1 atom stereocenters. The average molecular weight is 453 g/mol. The molecule has 1 aromatic carbocycles. The van der Waals surface area contributed by atoms with E-state index in [9.17, 15) is 14.0 Å². The Bertz CT molecular complexity index is 868. The normalized spacial score (nSPS) is 18.2. The van der Waals surface area contributed by atoms with E-state index in [0.717, 1.165) is 0 Å². The fourth-order valence-corrected chi connectivity index (χ4v) is 3.40. The molecule has 0 bridgehead atoms. The minimum Gasteiger partial charge on any atom is -0.490 e. The summed E-state index contributed by atoms with van der Waals surface area (Å²) in [5.41, 5.74) is 0.793. The number of benzene rings is 1. The van der Waals surface area contributed by atoms with Crippen LogP contribution in [0.1, 0.15) is 19.8 Å². The van der Waals surface area contributed by atoms with Crippen molar-refractivity contribution in [2.45, 2.75) is 25.9 Å². The first kappa shape index (κ1) is 22.7. The molecule has 0 radical (unpaired) electrons. The lowest BCUT2D eigenvalue weighted by Crippen LogP contribution is -2.39. The summed E-state index contributed by atoms with van der Waals surface area (Å²) in [5.74, 6) is -0.800. The zero-order valence-corrected chi connectivity index (χ0v) is 18.3. The van der Waals surface area contributed by atoms with Gasteiger partial charge < -0.3 is 19.1 Å². The van der Waals surface area contributed by atoms with Gasteiger partial charge in [-0.1, -0.05) is 0 Å². The summed E-state index contributed by atoms with van der Waals surface area (Å²) in [6.45, 7) is 3.48. The molecule has 0 N–H and O–H groups in total. The van der Waals surface area contributed by atoms with Gasteiger partial charge in [-0.05, 0) is 36.8 Å². The maximum atomic E-state index is 14.8. The number of halogens is 1. The van der Waals surface area contributed by atoms with E-state index in [2.05, 4.69) is 5.10 Å². The molecular formula is C20H25FN4O5S. The fraction of sp³-hybridized carbons (Fsp3) is 0.500. The maximum absolute atomic E-state index is 14.8. The Kier molecular flexibility index (Phi) is 7.61. The standard InChI is InChI=1S/C20H25FN4O5S/c1-14(26)29-10-9-24-8-7-23(13-22-24)18-5-3-15(11-17(18)21)25-12-16(30-20(25)27)4-6-19(31)28-2/h3,5,11,13,16H,4,6-10,12H2,1-2H3/t16-/m0/s1. The number of hydrazone groups is 1. The van der Waals surface area contributed by atoms with Gasteiger partial charge in [-0.25, -0.2) is 9.18 Å². The fourth-order valence-electron chi connectivity index (χ4n) is 3.28. The van der Waals surface area contributed by atoms with Crippen LogP contribution in [0.25, 0.3) is 0 Å². The zero-order chi connectivity index (χ0) is 22.4. The van der Waals surface area contributed by atoms with E-state index in [1.807, 2.05) is 0 Å². The molecule has 3 rings (SSSR count). The quantitative estimate of drug-likeness (QED) is 0.440. The number of carbonyl (C=O) groups is 2. The van der Waals surface area contributed by atoms with Crippen LogP contribution in [0.4, 0.5) is 20.6 Å². The number of esters is 1. The molecule has 1 saturated heterocycles. The summed E-state index contributed by atoms with van der Waals surface area (Å²) in [6, 6.07) is 4.62. The van der Waals surface area contributed by atoms with Crippen LogP contribution in [0, 0.1) is 5.82 Å². The number of cyclic esters (lactones) is 1. The van der Waals surface area contributed by atoms with Gasteiger partial charge in [0, 0.05) is 19.9 Å². The van der Waals surface area contributed by atoms with E-state index < -0.39 is 11.9 Å². The molecule has 0 aromatic heterocycles. The third-order valence-electron chi connectivity index (χ3n) is 4.93. The molecule has 0 spiro atoms. The third-order valence-corrected chi connectivity index (χ3v) is 5.30. The van der Waals surface area contributed by atoms with Crippen molar-refractivity contribution < 1.29 is 28.2 Å². The molecule has 0 unspecified atom stereocenters. The Labute approximate surface area is 185 Å². The van der Waals surface area contributed by atoms with Gasteiger partial charge in [-0.2, -0.15) is 5.10 Å². The van der Waals surface area contributed by atoms with Gasteiger partial charge in [0.15, 0.2) is 5.05 Å². The number of ether oxygens (including phenoxy) is 3. The average Bonchev–Trinajstić information content (AvgIpc) is 3.13. The first-order chi connectivity index (χ1) is 14.9. The van der Waals surface area contributed by atoms with Crippen molar-refractivity contribution in [3.05, 3.63) is 24.0 Å². The molecule has 1 aromatic rings. The molecule has 31 heavy (non-hydrogen) atoms. The molecule has 0 aliphatic carbocycles. The van der Waals surface area contributed by atoms with E-state index in [0.29, 0.717) is 55.4 Å². The number of anilines is 2. The van der Waals surface area contributed by atoms with E-state index in [-0.39, 0.29) is 18.7 Å². The van der Waals surface area contributed by atoms with E-state index >= 15 is 0 Å². The number of amides is 1. The van der Waals surface area contributed by atoms with Crippen LogP contribution in [-0.2, 0) is 19.0 Å². The van der Waals surface area contributed by atoms with Crippen molar-refractivity contribution in [2.24, 2.45) is 5.10 Å². The summed E-state index contributed by atoms with van der Waals surface area (Å²) in [4.78, 5) is 26.1. The van der Waals surface area contributed by atoms with Crippen molar-refractivity contribution >= 4 is 47.0 Å². The molecule has 0 saturated carbocycles. The molecule has 168 valence electrons. The predicted molar refractivity (Wildman–Crippen MR) is 117 cm³/mol. The van der Waals surface area contributed by atoms with Gasteiger partial charge in [0.25, 0.3) is 0 Å². The third kappa shape index (κ3) is 6.03. The van der Waals surface area contributed by atoms with Gasteiger partial charge in [-0.3, -0.25) is 14.7 Å². The van der Waals surface area contributed by atoms with E-state index in [4.69, 9.17) is 26.4 Å². The van der Waals surface area contributed by atoms with Gasteiger partial charge in [-0.15, -0.1) is 0 Å². The predicted octanol–water partition coefficient (Wildman–Crippen LogP) is 2.53. The summed E-state index contributed by atoms with van der Waals surface area (Å²) in [6.07, 6.45) is 1.76. The Balaban J connectivity index is 1.58. The number of nitrogens with zero attached hydrogens (tertiary/aromatic N) is 4. The van der Waals surface area contributed by atoms with Gasteiger partial charge >= 0.3 is 12.1 Å². The molecule has 1 fully saturated rings. The number of hydrogen-bond donors (Lipinski definition) is 0. The van der Waals surface area contributed by atoms with Crippen LogP contribution in [-0.4, -0.2) is 74.5 Å². The van der Waals surface area contributed by atoms with Gasteiger partial charge in [0.05, 0.1) is 38.1 Å². The van der Waals surface area contributed by atoms with Crippen molar-refractivity contribution in [3.8, 4) is 0 Å². The van der Waals surface area contributed by atoms with Gasteiger partial charge in [0.2, 0.25) is 0 Å². The van der Waals surface area contributed by atoms with Crippen LogP contribution < -0.4 is 9.80 Å². The lowest BCUT2D eigenvalue weighted by Gasteiger charge is -2.30. The zero-order valence-electron chi connectivity index (χ0n) is 17.5. The van der Waals surface area contributed by atoms with Gasteiger partial charge in [0.1, 0.15) is 24.9 Å². The largest absolute Gasteiger partial charge is 0.490 e. The minimum absolute atomic E-state index is 0.250. The molecule has 2 aliphatic heterocycles. The lowest BCUT2D eigenvalue weighted by molar-refractivity contribution is -0.141. The number of thiocarbonyl (C=S) groups is 1. The summed E-state index contributed by atoms with van der Waals surface area (Å²) in [7, 11) is 1.51. The molecule has 9 nitrogen and oxygen atoms in total. The summed E-state index contributed by atoms with van der Waals surface area (Å²) >= 11 is 5.01. The molecule has 2 heterocycles. The number of methoxy groups -OCH3 is 1. The van der Waals surface area contributed by atoms with Crippen LogP contribution in [0.5, 0.6) is 0 Å². The highest BCUT2D eigenvalue weighted by atomic mass is 32.1. The Morgan fingerprint density at radius 2 is 2.19 bits per heavy atom. The first-order valence-electron chi connectivity index (χ1n) is 9.91. The van der Waals surface area contributed by atoms with E-state index in [1.54, 1.807) is 22.0 Å². The molecule has 1 amide bonds. The second-order valence-corrected chi connectivity index (χ2v) is 7.54.